The summed E-state index contributed by atoms with van der Waals surface area (Å²) in [5.74, 6) is -0.813. The fourth-order valence-corrected chi connectivity index (χ4v) is 3.92. The van der Waals surface area contributed by atoms with Gasteiger partial charge in [-0.3, -0.25) is 4.98 Å². The van der Waals surface area contributed by atoms with Crippen molar-refractivity contribution >= 4 is 10.0 Å². The monoisotopic (exact) mass is 379 g/mol. The highest BCUT2D eigenvalue weighted by atomic mass is 32.2. The van der Waals surface area contributed by atoms with E-state index < -0.39 is 20.7 Å². The molecule has 0 fully saturated rings. The molecule has 0 aliphatic heterocycles. The lowest BCUT2D eigenvalue weighted by Gasteiger charge is -2.05. The van der Waals surface area contributed by atoms with Crippen LogP contribution in [0.4, 0.5) is 4.39 Å². The van der Waals surface area contributed by atoms with Crippen LogP contribution >= 0.6 is 0 Å². The van der Waals surface area contributed by atoms with Gasteiger partial charge in [0.25, 0.3) is 10.0 Å². The van der Waals surface area contributed by atoms with E-state index in [2.05, 4.69) is 10.1 Å². The van der Waals surface area contributed by atoms with Crippen LogP contribution in [0.15, 0.2) is 90.2 Å². The summed E-state index contributed by atoms with van der Waals surface area (Å²) < 4.78 is 40.0. The molecule has 0 radical (unpaired) electrons. The van der Waals surface area contributed by atoms with Gasteiger partial charge in [0, 0.05) is 17.3 Å². The Balaban J connectivity index is 1.73. The van der Waals surface area contributed by atoms with Crippen molar-refractivity contribution < 1.29 is 12.8 Å². The molecule has 0 aliphatic rings. The number of nitrogens with zero attached hydrogens (tertiary/aromatic N) is 3. The molecule has 0 spiro atoms. The molecular formula is C20H14FN3O2S. The van der Waals surface area contributed by atoms with E-state index in [1.165, 1.54) is 30.6 Å². The number of benzene rings is 2. The fourth-order valence-electron chi connectivity index (χ4n) is 2.73. The Morgan fingerprint density at radius 1 is 0.852 bits per heavy atom. The van der Waals surface area contributed by atoms with E-state index in [9.17, 15) is 12.8 Å². The van der Waals surface area contributed by atoms with Crippen LogP contribution in [0.1, 0.15) is 0 Å². The zero-order chi connectivity index (χ0) is 18.9. The number of pyridine rings is 1. The van der Waals surface area contributed by atoms with Crippen LogP contribution in [0.3, 0.4) is 0 Å². The van der Waals surface area contributed by atoms with Crippen molar-refractivity contribution in [3.63, 3.8) is 0 Å². The number of hydrogen-bond donors (Lipinski definition) is 0. The summed E-state index contributed by atoms with van der Waals surface area (Å²) in [6.07, 6.45) is 4.52. The highest BCUT2D eigenvalue weighted by Crippen LogP contribution is 2.26. The van der Waals surface area contributed by atoms with Crippen molar-refractivity contribution in [2.75, 3.05) is 0 Å². The average Bonchev–Trinajstić information content (AvgIpc) is 3.20. The maximum absolute atomic E-state index is 13.9. The molecule has 7 heteroatoms. The van der Waals surface area contributed by atoms with Gasteiger partial charge in [-0.15, -0.1) is 0 Å². The van der Waals surface area contributed by atoms with Gasteiger partial charge in [0.05, 0.1) is 18.1 Å². The molecule has 5 nitrogen and oxygen atoms in total. The predicted octanol–water partition coefficient (Wildman–Crippen LogP) is 3.99. The second kappa shape index (κ2) is 6.77. The van der Waals surface area contributed by atoms with E-state index in [1.807, 2.05) is 42.5 Å². The molecular weight excluding hydrogens is 365 g/mol. The first-order valence-electron chi connectivity index (χ1n) is 8.12. The summed E-state index contributed by atoms with van der Waals surface area (Å²) in [5.41, 5.74) is 3.10. The van der Waals surface area contributed by atoms with Gasteiger partial charge in [-0.25, -0.2) is 4.39 Å². The lowest BCUT2D eigenvalue weighted by Crippen LogP contribution is -2.14. The van der Waals surface area contributed by atoms with E-state index in [1.54, 1.807) is 6.20 Å². The van der Waals surface area contributed by atoms with E-state index in [4.69, 9.17) is 0 Å². The first-order chi connectivity index (χ1) is 13.1. The lowest BCUT2D eigenvalue weighted by molar-refractivity contribution is 0.556. The molecule has 0 atom stereocenters. The third-order valence-electron chi connectivity index (χ3n) is 4.08. The molecule has 0 aliphatic carbocycles. The van der Waals surface area contributed by atoms with Crippen LogP contribution in [0.25, 0.3) is 22.4 Å². The first kappa shape index (κ1) is 17.1. The summed E-state index contributed by atoms with van der Waals surface area (Å²) in [6, 6.07) is 18.4. The normalized spacial score (nSPS) is 11.4. The summed E-state index contributed by atoms with van der Waals surface area (Å²) >= 11 is 0. The molecule has 2 aromatic heterocycles. The predicted molar refractivity (Wildman–Crippen MR) is 99.9 cm³/mol. The quantitative estimate of drug-likeness (QED) is 0.538. The Morgan fingerprint density at radius 3 is 2.41 bits per heavy atom. The van der Waals surface area contributed by atoms with Crippen molar-refractivity contribution in [3.8, 4) is 22.4 Å². The summed E-state index contributed by atoms with van der Waals surface area (Å²) in [4.78, 5) is 3.90. The van der Waals surface area contributed by atoms with Crippen molar-refractivity contribution in [1.29, 1.82) is 0 Å². The van der Waals surface area contributed by atoms with Crippen molar-refractivity contribution in [3.05, 3.63) is 91.1 Å². The molecule has 2 aromatic carbocycles. The van der Waals surface area contributed by atoms with Crippen molar-refractivity contribution in [1.82, 2.24) is 14.2 Å². The molecule has 2 heterocycles. The maximum atomic E-state index is 13.9. The summed E-state index contributed by atoms with van der Waals surface area (Å²) in [7, 11) is -4.10. The van der Waals surface area contributed by atoms with Crippen LogP contribution in [-0.4, -0.2) is 22.6 Å². The van der Waals surface area contributed by atoms with E-state index in [0.717, 1.165) is 27.0 Å². The molecule has 0 saturated heterocycles. The molecule has 0 bridgehead atoms. The minimum Gasteiger partial charge on any atom is -0.256 e. The van der Waals surface area contributed by atoms with Crippen LogP contribution in [0.5, 0.6) is 0 Å². The number of hydrogen-bond acceptors (Lipinski definition) is 4. The molecule has 134 valence electrons. The van der Waals surface area contributed by atoms with Crippen molar-refractivity contribution in [2.24, 2.45) is 0 Å². The third-order valence-corrected chi connectivity index (χ3v) is 5.66. The van der Waals surface area contributed by atoms with Crippen LogP contribution in [-0.2, 0) is 10.0 Å². The summed E-state index contributed by atoms with van der Waals surface area (Å²) in [6.45, 7) is 0. The molecule has 0 unspecified atom stereocenters. The van der Waals surface area contributed by atoms with E-state index in [-0.39, 0.29) is 0 Å². The summed E-state index contributed by atoms with van der Waals surface area (Å²) in [5, 5.41) is 3.93. The molecule has 0 N–H and O–H groups in total. The fraction of sp³-hybridized carbons (Fsp3) is 0. The number of rotatable bonds is 4. The van der Waals surface area contributed by atoms with Gasteiger partial charge in [0.1, 0.15) is 10.7 Å². The third kappa shape index (κ3) is 3.24. The standard InChI is InChI=1S/C20H14FN3O2S/c21-18-8-1-2-10-20(18)27(25,26)24-14-17(13-23-24)15-6-5-7-16(12-15)19-9-3-4-11-22-19/h1-14H. The first-order valence-corrected chi connectivity index (χ1v) is 9.56. The highest BCUT2D eigenvalue weighted by Gasteiger charge is 2.22. The minimum absolute atomic E-state index is 0.415. The second-order valence-corrected chi connectivity index (χ2v) is 7.60. The molecule has 4 aromatic rings. The van der Waals surface area contributed by atoms with E-state index in [0.29, 0.717) is 5.56 Å². The molecule has 0 saturated carbocycles. The highest BCUT2D eigenvalue weighted by molar-refractivity contribution is 7.89. The van der Waals surface area contributed by atoms with Gasteiger partial charge in [-0.05, 0) is 35.9 Å². The molecule has 27 heavy (non-hydrogen) atoms. The number of halogens is 1. The van der Waals surface area contributed by atoms with E-state index >= 15 is 0 Å². The van der Waals surface area contributed by atoms with Crippen molar-refractivity contribution in [2.45, 2.75) is 4.90 Å². The average molecular weight is 379 g/mol. The lowest BCUT2D eigenvalue weighted by atomic mass is 10.0. The van der Waals surface area contributed by atoms with Gasteiger partial charge in [0.2, 0.25) is 0 Å². The second-order valence-electron chi connectivity index (χ2n) is 5.83. The van der Waals surface area contributed by atoms with Crippen LogP contribution in [0.2, 0.25) is 0 Å². The van der Waals surface area contributed by atoms with Gasteiger partial charge in [-0.2, -0.15) is 17.6 Å². The Hall–Kier alpha value is -3.32. The van der Waals surface area contributed by atoms with Crippen LogP contribution < -0.4 is 0 Å². The topological polar surface area (TPSA) is 64.8 Å². The largest absolute Gasteiger partial charge is 0.285 e. The van der Waals surface area contributed by atoms with Gasteiger partial charge in [-0.1, -0.05) is 36.4 Å². The Bertz CT molecular complexity index is 1200. The smallest absolute Gasteiger partial charge is 0.256 e. The number of aromatic nitrogens is 3. The maximum Gasteiger partial charge on any atom is 0.285 e. The minimum atomic E-state index is -4.10. The zero-order valence-electron chi connectivity index (χ0n) is 14.0. The molecule has 0 amide bonds. The Kier molecular flexibility index (Phi) is 4.29. The SMILES string of the molecule is O=S(=O)(c1ccccc1F)n1cc(-c2cccc(-c3ccccn3)c2)cn1. The Morgan fingerprint density at radius 2 is 1.63 bits per heavy atom. The van der Waals surface area contributed by atoms with Gasteiger partial charge >= 0.3 is 0 Å². The Labute approximate surface area is 155 Å². The van der Waals surface area contributed by atoms with Gasteiger partial charge < -0.3 is 0 Å². The molecule has 4 rings (SSSR count). The zero-order valence-corrected chi connectivity index (χ0v) is 14.8. The van der Waals surface area contributed by atoms with Gasteiger partial charge in [0.15, 0.2) is 0 Å². The van der Waals surface area contributed by atoms with Crippen LogP contribution in [0, 0.1) is 5.82 Å².